The van der Waals surface area contributed by atoms with Crippen LogP contribution in [-0.2, 0) is 12.8 Å². The summed E-state index contributed by atoms with van der Waals surface area (Å²) in [5.74, 6) is 0. The molecule has 0 radical (unpaired) electrons. The zero-order chi connectivity index (χ0) is 14.7. The predicted molar refractivity (Wildman–Crippen MR) is 89.4 cm³/mol. The van der Waals surface area contributed by atoms with Gasteiger partial charge in [0.1, 0.15) is 0 Å². The normalized spacial score (nSPS) is 12.4. The van der Waals surface area contributed by atoms with Crippen LogP contribution in [0.1, 0.15) is 41.5 Å². The van der Waals surface area contributed by atoms with E-state index < -0.39 is 0 Å². The van der Waals surface area contributed by atoms with E-state index in [0.717, 1.165) is 24.0 Å². The molecule has 0 bridgehead atoms. The molecule has 0 saturated heterocycles. The molecule has 0 aliphatic carbocycles. The molecule has 0 nitrogen and oxygen atoms in total. The minimum Gasteiger partial charge on any atom is -0.112 e. The maximum absolute atomic E-state index is 6.69. The molecule has 20 heavy (non-hydrogen) atoms. The molecule has 1 atom stereocenters. The molecule has 0 aliphatic heterocycles. The van der Waals surface area contributed by atoms with Gasteiger partial charge in [-0.15, -0.1) is 11.6 Å². The van der Waals surface area contributed by atoms with Crippen molar-refractivity contribution in [3.63, 3.8) is 0 Å². The molecular formula is C17H17Cl3. The Bertz CT molecular complexity index is 585. The minimum absolute atomic E-state index is 0.322. The first-order valence-corrected chi connectivity index (χ1v) is 7.97. The Labute approximate surface area is 135 Å². The second kappa shape index (κ2) is 6.85. The van der Waals surface area contributed by atoms with Crippen molar-refractivity contribution in [1.82, 2.24) is 0 Å². The number of aryl methyl sites for hydroxylation is 2. The highest BCUT2D eigenvalue weighted by atomic mass is 35.5. The van der Waals surface area contributed by atoms with E-state index in [2.05, 4.69) is 32.0 Å². The van der Waals surface area contributed by atoms with Crippen molar-refractivity contribution in [2.75, 3.05) is 0 Å². The summed E-state index contributed by atoms with van der Waals surface area (Å²) in [5, 5.41) is 0.903. The first kappa shape index (κ1) is 15.7. The van der Waals surface area contributed by atoms with Crippen LogP contribution in [0, 0.1) is 0 Å². The van der Waals surface area contributed by atoms with Crippen molar-refractivity contribution in [2.45, 2.75) is 32.1 Å². The molecule has 0 amide bonds. The third-order valence-electron chi connectivity index (χ3n) is 3.53. The summed E-state index contributed by atoms with van der Waals surface area (Å²) in [4.78, 5) is 0. The predicted octanol–water partition coefficient (Wildman–Crippen LogP) is 6.45. The lowest BCUT2D eigenvalue weighted by Gasteiger charge is -2.18. The lowest BCUT2D eigenvalue weighted by Crippen LogP contribution is -2.01. The number of hydrogen-bond donors (Lipinski definition) is 0. The molecule has 0 spiro atoms. The molecule has 2 aromatic rings. The zero-order valence-corrected chi connectivity index (χ0v) is 13.9. The SMILES string of the molecule is CCc1ccc(CC)c(C(Cl)c2c(Cl)cccc2Cl)c1. The maximum Gasteiger partial charge on any atom is 0.0867 e. The Balaban J connectivity index is 2.55. The Morgan fingerprint density at radius 2 is 1.60 bits per heavy atom. The van der Waals surface area contributed by atoms with Gasteiger partial charge in [-0.2, -0.15) is 0 Å². The van der Waals surface area contributed by atoms with E-state index in [-0.39, 0.29) is 5.38 Å². The average molecular weight is 328 g/mol. The molecular weight excluding hydrogens is 311 g/mol. The van der Waals surface area contributed by atoms with Crippen molar-refractivity contribution in [2.24, 2.45) is 0 Å². The van der Waals surface area contributed by atoms with Crippen LogP contribution >= 0.6 is 34.8 Å². The van der Waals surface area contributed by atoms with Gasteiger partial charge in [0.15, 0.2) is 0 Å². The highest BCUT2D eigenvalue weighted by Crippen LogP contribution is 2.39. The van der Waals surface area contributed by atoms with Crippen LogP contribution in [-0.4, -0.2) is 0 Å². The lowest BCUT2D eigenvalue weighted by atomic mass is 9.95. The summed E-state index contributed by atoms with van der Waals surface area (Å²) < 4.78 is 0. The average Bonchev–Trinajstić information content (AvgIpc) is 2.46. The van der Waals surface area contributed by atoms with Gasteiger partial charge in [-0.3, -0.25) is 0 Å². The van der Waals surface area contributed by atoms with Crippen molar-refractivity contribution < 1.29 is 0 Å². The molecule has 1 unspecified atom stereocenters. The van der Waals surface area contributed by atoms with E-state index in [9.17, 15) is 0 Å². The molecule has 2 aromatic carbocycles. The summed E-state index contributed by atoms with van der Waals surface area (Å²) in [7, 11) is 0. The Kier molecular flexibility index (Phi) is 5.37. The maximum atomic E-state index is 6.69. The number of hydrogen-bond acceptors (Lipinski definition) is 0. The second-order valence-corrected chi connectivity index (χ2v) is 5.99. The number of halogens is 3. The molecule has 0 N–H and O–H groups in total. The summed E-state index contributed by atoms with van der Waals surface area (Å²) >= 11 is 19.2. The lowest BCUT2D eigenvalue weighted by molar-refractivity contribution is 1.02. The van der Waals surface area contributed by atoms with E-state index in [4.69, 9.17) is 34.8 Å². The monoisotopic (exact) mass is 326 g/mol. The van der Waals surface area contributed by atoms with Crippen molar-refractivity contribution in [1.29, 1.82) is 0 Å². The molecule has 0 saturated carbocycles. The van der Waals surface area contributed by atoms with E-state index >= 15 is 0 Å². The highest BCUT2D eigenvalue weighted by Gasteiger charge is 2.20. The van der Waals surface area contributed by atoms with Gasteiger partial charge in [0, 0.05) is 15.6 Å². The van der Waals surface area contributed by atoms with Crippen molar-refractivity contribution >= 4 is 34.8 Å². The third kappa shape index (κ3) is 3.14. The van der Waals surface area contributed by atoms with Gasteiger partial charge < -0.3 is 0 Å². The summed E-state index contributed by atoms with van der Waals surface area (Å²) in [6, 6.07) is 12.0. The van der Waals surface area contributed by atoms with Gasteiger partial charge >= 0.3 is 0 Å². The quantitative estimate of drug-likeness (QED) is 0.566. The van der Waals surface area contributed by atoms with E-state index in [1.165, 1.54) is 11.1 Å². The topological polar surface area (TPSA) is 0 Å². The number of rotatable bonds is 4. The standard InChI is InChI=1S/C17H17Cl3/c1-3-11-8-9-12(4-2)13(10-11)17(20)16-14(18)6-5-7-15(16)19/h5-10,17H,3-4H2,1-2H3. The van der Waals surface area contributed by atoms with E-state index in [1.54, 1.807) is 0 Å². The first-order chi connectivity index (χ1) is 9.58. The molecule has 3 heteroatoms. The second-order valence-electron chi connectivity index (χ2n) is 4.74. The van der Waals surface area contributed by atoms with Crippen molar-refractivity contribution in [3.8, 4) is 0 Å². The first-order valence-electron chi connectivity index (χ1n) is 6.78. The largest absolute Gasteiger partial charge is 0.112 e. The van der Waals surface area contributed by atoms with E-state index in [1.807, 2.05) is 18.2 Å². The van der Waals surface area contributed by atoms with Crippen LogP contribution in [0.2, 0.25) is 10.0 Å². The molecule has 0 fully saturated rings. The smallest absolute Gasteiger partial charge is 0.0867 e. The van der Waals surface area contributed by atoms with Gasteiger partial charge in [0.25, 0.3) is 0 Å². The number of alkyl halides is 1. The Hall–Kier alpha value is -0.690. The fraction of sp³-hybridized carbons (Fsp3) is 0.294. The summed E-state index contributed by atoms with van der Waals surface area (Å²) in [6.45, 7) is 4.26. The van der Waals surface area contributed by atoms with E-state index in [0.29, 0.717) is 10.0 Å². The molecule has 0 heterocycles. The fourth-order valence-electron chi connectivity index (χ4n) is 2.33. The van der Waals surface area contributed by atoms with Crippen LogP contribution in [0.4, 0.5) is 0 Å². The summed E-state index contributed by atoms with van der Waals surface area (Å²) in [5.41, 5.74) is 4.40. The van der Waals surface area contributed by atoms with Crippen LogP contribution in [0.5, 0.6) is 0 Å². The molecule has 106 valence electrons. The third-order valence-corrected chi connectivity index (χ3v) is 4.64. The van der Waals surface area contributed by atoms with Gasteiger partial charge in [0.2, 0.25) is 0 Å². The van der Waals surface area contributed by atoms with Gasteiger partial charge in [0.05, 0.1) is 5.38 Å². The fourth-order valence-corrected chi connectivity index (χ4v) is 3.50. The van der Waals surface area contributed by atoms with Crippen LogP contribution in [0.25, 0.3) is 0 Å². The van der Waals surface area contributed by atoms with Crippen LogP contribution in [0.15, 0.2) is 36.4 Å². The molecule has 0 aromatic heterocycles. The highest BCUT2D eigenvalue weighted by molar-refractivity contribution is 6.38. The molecule has 0 aliphatic rings. The van der Waals surface area contributed by atoms with Gasteiger partial charge in [-0.1, -0.05) is 61.3 Å². The van der Waals surface area contributed by atoms with Gasteiger partial charge in [-0.05, 0) is 41.7 Å². The minimum atomic E-state index is -0.322. The van der Waals surface area contributed by atoms with Crippen molar-refractivity contribution in [3.05, 3.63) is 68.7 Å². The summed E-state index contributed by atoms with van der Waals surface area (Å²) in [6.07, 6.45) is 1.92. The zero-order valence-electron chi connectivity index (χ0n) is 11.6. The molecule has 2 rings (SSSR count). The van der Waals surface area contributed by atoms with Gasteiger partial charge in [-0.25, -0.2) is 0 Å². The number of benzene rings is 2. The Morgan fingerprint density at radius 3 is 2.15 bits per heavy atom. The Morgan fingerprint density at radius 1 is 0.950 bits per heavy atom. The van der Waals surface area contributed by atoms with Crippen LogP contribution < -0.4 is 0 Å². The van der Waals surface area contributed by atoms with Crippen LogP contribution in [0.3, 0.4) is 0 Å².